The number of ketones is 1. The molecule has 0 saturated carbocycles. The Bertz CT molecular complexity index is 976. The lowest BCUT2D eigenvalue weighted by Crippen LogP contribution is -2.25. The summed E-state index contributed by atoms with van der Waals surface area (Å²) in [7, 11) is 0. The summed E-state index contributed by atoms with van der Waals surface area (Å²) >= 11 is 0. The lowest BCUT2D eigenvalue weighted by Gasteiger charge is -2.25. The first-order valence-electron chi connectivity index (χ1n) is 8.89. The van der Waals surface area contributed by atoms with E-state index in [1.54, 1.807) is 53.4 Å². The summed E-state index contributed by atoms with van der Waals surface area (Å²) in [6.07, 6.45) is 2.08. The maximum absolute atomic E-state index is 13.1. The monoisotopic (exact) mass is 376 g/mol. The maximum Gasteiger partial charge on any atom is 0.311 e. The molecule has 3 rings (SSSR count). The van der Waals surface area contributed by atoms with Gasteiger partial charge in [0, 0.05) is 29.9 Å². The van der Waals surface area contributed by atoms with Gasteiger partial charge in [0.05, 0.1) is 10.6 Å². The highest BCUT2D eigenvalue weighted by atomic mass is 16.6. The molecule has 0 radical (unpaired) electrons. The molecule has 2 N–H and O–H groups in total. The third-order valence-electron chi connectivity index (χ3n) is 4.28. The van der Waals surface area contributed by atoms with Crippen LogP contribution < -0.4 is 10.6 Å². The van der Waals surface area contributed by atoms with Crippen LogP contribution in [0.25, 0.3) is 0 Å². The van der Waals surface area contributed by atoms with Crippen LogP contribution in [0.1, 0.15) is 22.3 Å². The molecule has 0 unspecified atom stereocenters. The normalized spacial score (nSPS) is 10.5. The van der Waals surface area contributed by atoms with Crippen LogP contribution in [0.4, 0.5) is 17.2 Å². The predicted octanol–water partition coefficient (Wildman–Crippen LogP) is 3.71. The zero-order chi connectivity index (χ0) is 19.9. The van der Waals surface area contributed by atoms with Crippen molar-refractivity contribution in [2.75, 3.05) is 18.0 Å². The van der Waals surface area contributed by atoms with E-state index in [1.807, 2.05) is 6.07 Å². The van der Waals surface area contributed by atoms with E-state index in [2.05, 4.69) is 4.98 Å². The Morgan fingerprint density at radius 1 is 1.04 bits per heavy atom. The van der Waals surface area contributed by atoms with Gasteiger partial charge in [0.15, 0.2) is 5.78 Å². The number of nitrogens with two attached hydrogens (primary N) is 1. The van der Waals surface area contributed by atoms with Crippen LogP contribution >= 0.6 is 0 Å². The molecule has 0 amide bonds. The van der Waals surface area contributed by atoms with Gasteiger partial charge in [-0.15, -0.1) is 0 Å². The summed E-state index contributed by atoms with van der Waals surface area (Å²) in [4.78, 5) is 30.1. The van der Waals surface area contributed by atoms with E-state index in [-0.39, 0.29) is 17.3 Å². The second kappa shape index (κ2) is 8.88. The fourth-order valence-electron chi connectivity index (χ4n) is 2.97. The minimum atomic E-state index is -0.473. The van der Waals surface area contributed by atoms with Gasteiger partial charge in [0.25, 0.3) is 0 Å². The minimum absolute atomic E-state index is 0.124. The average molecular weight is 376 g/mol. The zero-order valence-corrected chi connectivity index (χ0v) is 15.2. The van der Waals surface area contributed by atoms with E-state index < -0.39 is 4.92 Å². The van der Waals surface area contributed by atoms with Crippen molar-refractivity contribution in [3.63, 3.8) is 0 Å². The minimum Gasteiger partial charge on any atom is -0.330 e. The van der Waals surface area contributed by atoms with Gasteiger partial charge < -0.3 is 10.6 Å². The topological polar surface area (TPSA) is 102 Å². The standard InChI is InChI=1S/C21H20N4O3/c22-13-7-15-24(21-19(25(27)28)12-6-14-23-21)18-11-5-4-10-17(18)20(26)16-8-2-1-3-9-16/h1-6,8-12,14H,7,13,15,22H2. The highest BCUT2D eigenvalue weighted by Gasteiger charge is 2.25. The van der Waals surface area contributed by atoms with Crippen LogP contribution in [-0.4, -0.2) is 28.8 Å². The third-order valence-corrected chi connectivity index (χ3v) is 4.28. The van der Waals surface area contributed by atoms with E-state index in [0.29, 0.717) is 36.3 Å². The van der Waals surface area contributed by atoms with Crippen molar-refractivity contribution in [2.24, 2.45) is 5.73 Å². The van der Waals surface area contributed by atoms with Crippen LogP contribution in [0.3, 0.4) is 0 Å². The van der Waals surface area contributed by atoms with Gasteiger partial charge >= 0.3 is 5.69 Å². The van der Waals surface area contributed by atoms with Gasteiger partial charge in [0.1, 0.15) is 0 Å². The molecule has 142 valence electrons. The highest BCUT2D eigenvalue weighted by Crippen LogP contribution is 2.34. The lowest BCUT2D eigenvalue weighted by atomic mass is 10.0. The van der Waals surface area contributed by atoms with Crippen molar-refractivity contribution in [1.82, 2.24) is 4.98 Å². The first kappa shape index (κ1) is 19.2. The Kier molecular flexibility index (Phi) is 6.08. The summed E-state index contributed by atoms with van der Waals surface area (Å²) in [5, 5.41) is 11.5. The smallest absolute Gasteiger partial charge is 0.311 e. The maximum atomic E-state index is 13.1. The molecule has 2 aromatic carbocycles. The largest absolute Gasteiger partial charge is 0.330 e. The van der Waals surface area contributed by atoms with Crippen molar-refractivity contribution >= 4 is 23.0 Å². The molecule has 0 atom stereocenters. The molecule has 3 aromatic rings. The van der Waals surface area contributed by atoms with Crippen LogP contribution in [0, 0.1) is 10.1 Å². The number of nitrogens with zero attached hydrogens (tertiary/aromatic N) is 3. The van der Waals surface area contributed by atoms with Crippen molar-refractivity contribution in [2.45, 2.75) is 6.42 Å². The Balaban J connectivity index is 2.13. The van der Waals surface area contributed by atoms with Gasteiger partial charge in [-0.1, -0.05) is 42.5 Å². The predicted molar refractivity (Wildman–Crippen MR) is 108 cm³/mol. The summed E-state index contributed by atoms with van der Waals surface area (Å²) in [5.74, 6) is 0.0294. The molecule has 0 aliphatic carbocycles. The molecule has 1 aromatic heterocycles. The molecule has 7 nitrogen and oxygen atoms in total. The quantitative estimate of drug-likeness (QED) is 0.365. The number of para-hydroxylation sites is 1. The second-order valence-corrected chi connectivity index (χ2v) is 6.11. The lowest BCUT2D eigenvalue weighted by molar-refractivity contribution is -0.384. The number of pyridine rings is 1. The Hall–Kier alpha value is -3.58. The van der Waals surface area contributed by atoms with Crippen LogP contribution in [0.15, 0.2) is 72.9 Å². The van der Waals surface area contributed by atoms with Gasteiger partial charge in [-0.2, -0.15) is 0 Å². The van der Waals surface area contributed by atoms with Crippen LogP contribution in [-0.2, 0) is 0 Å². The van der Waals surface area contributed by atoms with E-state index >= 15 is 0 Å². The van der Waals surface area contributed by atoms with Gasteiger partial charge in [-0.3, -0.25) is 14.9 Å². The summed E-state index contributed by atoms with van der Waals surface area (Å²) in [6.45, 7) is 0.805. The van der Waals surface area contributed by atoms with E-state index in [1.165, 1.54) is 18.3 Å². The number of benzene rings is 2. The van der Waals surface area contributed by atoms with Crippen LogP contribution in [0.2, 0.25) is 0 Å². The number of carbonyl (C=O) groups excluding carboxylic acids is 1. The van der Waals surface area contributed by atoms with Crippen molar-refractivity contribution < 1.29 is 9.72 Å². The fraction of sp³-hybridized carbons (Fsp3) is 0.143. The molecule has 0 spiro atoms. The molecule has 0 bridgehead atoms. The Labute approximate surface area is 162 Å². The van der Waals surface area contributed by atoms with E-state index in [4.69, 9.17) is 5.73 Å². The first-order chi connectivity index (χ1) is 13.6. The first-order valence-corrected chi connectivity index (χ1v) is 8.89. The second-order valence-electron chi connectivity index (χ2n) is 6.11. The molecular formula is C21H20N4O3. The number of anilines is 2. The van der Waals surface area contributed by atoms with Gasteiger partial charge in [0.2, 0.25) is 5.82 Å². The highest BCUT2D eigenvalue weighted by molar-refractivity contribution is 6.12. The number of hydrogen-bond donors (Lipinski definition) is 1. The van der Waals surface area contributed by atoms with Crippen molar-refractivity contribution in [1.29, 1.82) is 0 Å². The summed E-state index contributed by atoms with van der Waals surface area (Å²) in [5.41, 5.74) is 7.11. The number of rotatable bonds is 8. The van der Waals surface area contributed by atoms with E-state index in [0.717, 1.165) is 0 Å². The molecule has 0 aliphatic heterocycles. The molecule has 0 aliphatic rings. The zero-order valence-electron chi connectivity index (χ0n) is 15.2. The molecule has 28 heavy (non-hydrogen) atoms. The van der Waals surface area contributed by atoms with E-state index in [9.17, 15) is 14.9 Å². The number of nitro groups is 1. The average Bonchev–Trinajstić information content (AvgIpc) is 2.74. The number of aromatic nitrogens is 1. The SMILES string of the molecule is NCCCN(c1ccccc1C(=O)c1ccccc1)c1ncccc1[N+](=O)[O-]. The molecular weight excluding hydrogens is 356 g/mol. The fourth-order valence-corrected chi connectivity index (χ4v) is 2.97. The Morgan fingerprint density at radius 3 is 2.46 bits per heavy atom. The summed E-state index contributed by atoms with van der Waals surface area (Å²) in [6, 6.07) is 18.9. The molecule has 0 saturated heterocycles. The Morgan fingerprint density at radius 2 is 1.75 bits per heavy atom. The molecule has 0 fully saturated rings. The summed E-state index contributed by atoms with van der Waals surface area (Å²) < 4.78 is 0. The third kappa shape index (κ3) is 4.05. The number of carbonyl (C=O) groups is 1. The van der Waals surface area contributed by atoms with Crippen molar-refractivity contribution in [3.8, 4) is 0 Å². The molecule has 1 heterocycles. The van der Waals surface area contributed by atoms with Crippen molar-refractivity contribution in [3.05, 3.63) is 94.2 Å². The van der Waals surface area contributed by atoms with Gasteiger partial charge in [-0.05, 0) is 31.2 Å². The number of hydrogen-bond acceptors (Lipinski definition) is 6. The molecule has 7 heteroatoms. The van der Waals surface area contributed by atoms with Gasteiger partial charge in [-0.25, -0.2) is 4.98 Å². The van der Waals surface area contributed by atoms with Crippen LogP contribution in [0.5, 0.6) is 0 Å².